The molecule has 1 fully saturated rings. The predicted octanol–water partition coefficient (Wildman–Crippen LogP) is 2.23. The minimum Gasteiger partial charge on any atom is -0.356 e. The monoisotopic (exact) mass is 329 g/mol. The Morgan fingerprint density at radius 3 is 2.83 bits per heavy atom. The topological polar surface area (TPSA) is 54.2 Å². The number of hydrogen-bond acceptors (Lipinski definition) is 2. The van der Waals surface area contributed by atoms with Gasteiger partial charge in [0.2, 0.25) is 0 Å². The highest BCUT2D eigenvalue weighted by Crippen LogP contribution is 2.47. The fourth-order valence-corrected chi connectivity index (χ4v) is 2.89. The molecule has 24 heavy (non-hydrogen) atoms. The molecule has 1 heterocycles. The number of benzene rings is 1. The maximum atomic E-state index is 13.5. The highest BCUT2D eigenvalue weighted by Gasteiger charge is 2.44. The number of halogens is 1. The minimum absolute atomic E-state index is 0.0405. The largest absolute Gasteiger partial charge is 0.356 e. The number of nitrogens with zero attached hydrogens (tertiary/aromatic N) is 3. The van der Waals surface area contributed by atoms with Crippen LogP contribution >= 0.6 is 0 Å². The summed E-state index contributed by atoms with van der Waals surface area (Å²) in [6.45, 7) is 4.31. The molecule has 128 valence electrons. The van der Waals surface area contributed by atoms with Gasteiger partial charge in [0.25, 0.3) is 0 Å². The van der Waals surface area contributed by atoms with Crippen molar-refractivity contribution in [1.29, 1.82) is 0 Å². The van der Waals surface area contributed by atoms with Crippen molar-refractivity contribution in [2.45, 2.75) is 31.7 Å². The first-order valence-electron chi connectivity index (χ1n) is 8.31. The average Bonchev–Trinajstić information content (AvgIpc) is 3.26. The van der Waals surface area contributed by atoms with Crippen LogP contribution in [0.25, 0.3) is 0 Å². The number of aryl methyl sites for hydroxylation is 1. The number of aliphatic imine (C=N–C) groups is 1. The van der Waals surface area contributed by atoms with E-state index in [1.54, 1.807) is 19.2 Å². The number of nitrogens with one attached hydrogen (secondary N) is 2. The van der Waals surface area contributed by atoms with Crippen LogP contribution < -0.4 is 10.6 Å². The Kier molecular flexibility index (Phi) is 4.83. The van der Waals surface area contributed by atoms with Crippen LogP contribution in [-0.4, -0.2) is 35.9 Å². The number of rotatable bonds is 6. The molecule has 1 aromatic carbocycles. The zero-order valence-electron chi connectivity index (χ0n) is 14.2. The molecule has 0 saturated heterocycles. The summed E-state index contributed by atoms with van der Waals surface area (Å²) in [5, 5.41) is 10.9. The Morgan fingerprint density at radius 1 is 1.38 bits per heavy atom. The van der Waals surface area contributed by atoms with Gasteiger partial charge in [0.15, 0.2) is 5.96 Å². The summed E-state index contributed by atoms with van der Waals surface area (Å²) in [4.78, 5) is 4.26. The molecular weight excluding hydrogens is 305 g/mol. The maximum absolute atomic E-state index is 13.5. The van der Waals surface area contributed by atoms with Crippen LogP contribution in [0.1, 0.15) is 24.0 Å². The maximum Gasteiger partial charge on any atom is 0.191 e. The summed E-state index contributed by atoms with van der Waals surface area (Å²) >= 11 is 0. The van der Waals surface area contributed by atoms with Gasteiger partial charge >= 0.3 is 0 Å². The molecule has 1 aromatic heterocycles. The van der Waals surface area contributed by atoms with E-state index in [0.717, 1.165) is 49.6 Å². The van der Waals surface area contributed by atoms with Crippen molar-refractivity contribution < 1.29 is 4.39 Å². The van der Waals surface area contributed by atoms with E-state index >= 15 is 0 Å². The summed E-state index contributed by atoms with van der Waals surface area (Å²) < 4.78 is 15.4. The quantitative estimate of drug-likeness (QED) is 0.631. The van der Waals surface area contributed by atoms with E-state index < -0.39 is 0 Å². The second kappa shape index (κ2) is 7.03. The van der Waals surface area contributed by atoms with E-state index in [2.05, 4.69) is 20.7 Å². The molecule has 0 amide bonds. The molecular formula is C18H24FN5. The third-order valence-electron chi connectivity index (χ3n) is 4.50. The standard InChI is InChI=1S/C18H24FN5/c1-14-11-23-24(12-14)9-8-21-17(20-2)22-13-18(6-7-18)15-4-3-5-16(19)10-15/h3-5,10-12H,6-9,13H2,1-2H3,(H2,20,21,22). The molecule has 0 aliphatic heterocycles. The van der Waals surface area contributed by atoms with Crippen LogP contribution in [0.2, 0.25) is 0 Å². The first-order chi connectivity index (χ1) is 11.6. The van der Waals surface area contributed by atoms with Gasteiger partial charge < -0.3 is 10.6 Å². The van der Waals surface area contributed by atoms with Crippen molar-refractivity contribution in [2.75, 3.05) is 20.1 Å². The predicted molar refractivity (Wildman–Crippen MR) is 93.6 cm³/mol. The Labute approximate surface area is 142 Å². The van der Waals surface area contributed by atoms with E-state index in [-0.39, 0.29) is 11.2 Å². The first-order valence-corrected chi connectivity index (χ1v) is 8.31. The SMILES string of the molecule is CN=C(NCCn1cc(C)cn1)NCC1(c2cccc(F)c2)CC1. The van der Waals surface area contributed by atoms with Gasteiger partial charge in [-0.2, -0.15) is 5.10 Å². The summed E-state index contributed by atoms with van der Waals surface area (Å²) in [6, 6.07) is 6.92. The highest BCUT2D eigenvalue weighted by molar-refractivity contribution is 5.79. The second-order valence-electron chi connectivity index (χ2n) is 6.42. The molecule has 1 aliphatic carbocycles. The van der Waals surface area contributed by atoms with Crippen molar-refractivity contribution in [1.82, 2.24) is 20.4 Å². The van der Waals surface area contributed by atoms with E-state index in [0.29, 0.717) is 0 Å². The lowest BCUT2D eigenvalue weighted by Gasteiger charge is -2.19. The molecule has 3 rings (SSSR count). The lowest BCUT2D eigenvalue weighted by molar-refractivity contribution is 0.587. The molecule has 0 bridgehead atoms. The van der Waals surface area contributed by atoms with Gasteiger partial charge in [0.1, 0.15) is 5.82 Å². The van der Waals surface area contributed by atoms with Crippen LogP contribution in [0.3, 0.4) is 0 Å². The third-order valence-corrected chi connectivity index (χ3v) is 4.50. The first kappa shape index (κ1) is 16.5. The van der Waals surface area contributed by atoms with Crippen LogP contribution in [0.4, 0.5) is 4.39 Å². The van der Waals surface area contributed by atoms with Crippen LogP contribution in [0.15, 0.2) is 41.7 Å². The van der Waals surface area contributed by atoms with Gasteiger partial charge in [-0.1, -0.05) is 12.1 Å². The van der Waals surface area contributed by atoms with E-state index in [9.17, 15) is 4.39 Å². The Bertz CT molecular complexity index is 718. The van der Waals surface area contributed by atoms with E-state index in [1.807, 2.05) is 30.1 Å². The summed E-state index contributed by atoms with van der Waals surface area (Å²) in [5.74, 6) is 0.595. The van der Waals surface area contributed by atoms with Crippen molar-refractivity contribution >= 4 is 5.96 Å². The second-order valence-corrected chi connectivity index (χ2v) is 6.42. The average molecular weight is 329 g/mol. The van der Waals surface area contributed by atoms with E-state index in [4.69, 9.17) is 0 Å². The molecule has 0 radical (unpaired) electrons. The molecule has 0 spiro atoms. The van der Waals surface area contributed by atoms with E-state index in [1.165, 1.54) is 6.07 Å². The number of hydrogen-bond donors (Lipinski definition) is 2. The van der Waals surface area contributed by atoms with Crippen molar-refractivity contribution in [3.05, 3.63) is 53.6 Å². The number of aromatic nitrogens is 2. The molecule has 1 saturated carbocycles. The van der Waals surface area contributed by atoms with Gasteiger partial charge in [-0.05, 0) is 43.0 Å². The van der Waals surface area contributed by atoms with Gasteiger partial charge in [-0.15, -0.1) is 0 Å². The number of guanidine groups is 1. The Morgan fingerprint density at radius 2 is 2.21 bits per heavy atom. The fourth-order valence-electron chi connectivity index (χ4n) is 2.89. The lowest BCUT2D eigenvalue weighted by atomic mass is 9.96. The smallest absolute Gasteiger partial charge is 0.191 e. The highest BCUT2D eigenvalue weighted by atomic mass is 19.1. The zero-order chi connectivity index (χ0) is 17.0. The van der Waals surface area contributed by atoms with Crippen LogP contribution in [0, 0.1) is 12.7 Å². The molecule has 0 atom stereocenters. The summed E-state index contributed by atoms with van der Waals surface area (Å²) in [5.41, 5.74) is 2.26. The van der Waals surface area contributed by atoms with Crippen molar-refractivity contribution in [3.63, 3.8) is 0 Å². The Hall–Kier alpha value is -2.37. The zero-order valence-corrected chi connectivity index (χ0v) is 14.2. The summed E-state index contributed by atoms with van der Waals surface area (Å²) in [7, 11) is 1.76. The molecule has 1 aliphatic rings. The Balaban J connectivity index is 1.49. The molecule has 6 heteroatoms. The fraction of sp³-hybridized carbons (Fsp3) is 0.444. The van der Waals surface area contributed by atoms with Gasteiger partial charge in [-0.25, -0.2) is 4.39 Å². The normalized spacial score (nSPS) is 16.0. The minimum atomic E-state index is -0.171. The molecule has 2 N–H and O–H groups in total. The van der Waals surface area contributed by atoms with Gasteiger partial charge in [0.05, 0.1) is 12.7 Å². The molecule has 0 unspecified atom stereocenters. The lowest BCUT2D eigenvalue weighted by Crippen LogP contribution is -2.42. The summed E-state index contributed by atoms with van der Waals surface area (Å²) in [6.07, 6.45) is 6.02. The molecule has 2 aromatic rings. The van der Waals surface area contributed by atoms with Gasteiger partial charge in [-0.3, -0.25) is 9.67 Å². The van der Waals surface area contributed by atoms with Crippen LogP contribution in [-0.2, 0) is 12.0 Å². The van der Waals surface area contributed by atoms with Crippen molar-refractivity contribution in [3.8, 4) is 0 Å². The van der Waals surface area contributed by atoms with Crippen LogP contribution in [0.5, 0.6) is 0 Å². The van der Waals surface area contributed by atoms with Gasteiger partial charge in [0, 0.05) is 31.7 Å². The molecule has 5 nitrogen and oxygen atoms in total. The van der Waals surface area contributed by atoms with Crippen molar-refractivity contribution in [2.24, 2.45) is 4.99 Å². The third kappa shape index (κ3) is 3.93.